The first-order chi connectivity index (χ1) is 21.3. The SMILES string of the molecule is C1=Cc2cccc(-c3ccc(-c4nc(-c5ccc6ccccc6c5)nc(-c5ccc6ccccc6c5)n4)cc3)c2N=CC1. The molecule has 7 aromatic rings. The Morgan fingerprint density at radius 1 is 0.442 bits per heavy atom. The fraction of sp³-hybridized carbons (Fsp3) is 0.0256. The first kappa shape index (κ1) is 25.0. The molecule has 43 heavy (non-hydrogen) atoms. The third-order valence-electron chi connectivity index (χ3n) is 7.93. The van der Waals surface area contributed by atoms with Crippen LogP contribution in [0.3, 0.4) is 0 Å². The maximum Gasteiger partial charge on any atom is 0.164 e. The molecule has 8 rings (SSSR count). The van der Waals surface area contributed by atoms with Crippen molar-refractivity contribution in [3.05, 3.63) is 139 Å². The minimum Gasteiger partial charge on any atom is -0.260 e. The number of hydrogen-bond donors (Lipinski definition) is 0. The molecule has 0 spiro atoms. The fourth-order valence-electron chi connectivity index (χ4n) is 5.69. The van der Waals surface area contributed by atoms with Gasteiger partial charge in [0.15, 0.2) is 17.5 Å². The summed E-state index contributed by atoms with van der Waals surface area (Å²) in [5.74, 6) is 1.94. The van der Waals surface area contributed by atoms with E-state index in [0.29, 0.717) is 17.5 Å². The predicted molar refractivity (Wildman–Crippen MR) is 178 cm³/mol. The molecule has 0 bridgehead atoms. The molecule has 0 saturated carbocycles. The van der Waals surface area contributed by atoms with Crippen molar-refractivity contribution >= 4 is 39.5 Å². The Morgan fingerprint density at radius 2 is 0.977 bits per heavy atom. The minimum absolute atomic E-state index is 0.640. The summed E-state index contributed by atoms with van der Waals surface area (Å²) in [5.41, 5.74) is 7.19. The van der Waals surface area contributed by atoms with Crippen LogP contribution in [-0.2, 0) is 0 Å². The Bertz CT molecular complexity index is 2110. The van der Waals surface area contributed by atoms with Gasteiger partial charge in [0, 0.05) is 40.5 Å². The van der Waals surface area contributed by atoms with Gasteiger partial charge in [0.2, 0.25) is 0 Å². The van der Waals surface area contributed by atoms with E-state index in [0.717, 1.165) is 56.3 Å². The molecule has 202 valence electrons. The zero-order valence-electron chi connectivity index (χ0n) is 23.4. The Kier molecular flexibility index (Phi) is 6.16. The van der Waals surface area contributed by atoms with Gasteiger partial charge in [-0.15, -0.1) is 0 Å². The first-order valence-corrected chi connectivity index (χ1v) is 14.5. The van der Waals surface area contributed by atoms with Gasteiger partial charge in [-0.3, -0.25) is 4.99 Å². The second-order valence-corrected chi connectivity index (χ2v) is 10.7. The quantitative estimate of drug-likeness (QED) is 0.219. The molecular formula is C39H26N4. The summed E-state index contributed by atoms with van der Waals surface area (Å²) in [6.45, 7) is 0. The lowest BCUT2D eigenvalue weighted by Crippen LogP contribution is -2.00. The maximum atomic E-state index is 5.00. The van der Waals surface area contributed by atoms with Crippen LogP contribution in [-0.4, -0.2) is 21.2 Å². The van der Waals surface area contributed by atoms with Gasteiger partial charge in [-0.2, -0.15) is 0 Å². The highest BCUT2D eigenvalue weighted by molar-refractivity contribution is 5.89. The van der Waals surface area contributed by atoms with Crippen LogP contribution in [0.15, 0.2) is 138 Å². The molecule has 4 heteroatoms. The predicted octanol–water partition coefficient (Wildman–Crippen LogP) is 9.97. The van der Waals surface area contributed by atoms with E-state index in [2.05, 4.69) is 140 Å². The number of allylic oxidation sites excluding steroid dienone is 1. The molecule has 0 aliphatic carbocycles. The average Bonchev–Trinajstić information content (AvgIpc) is 3.34. The Morgan fingerprint density at radius 3 is 1.60 bits per heavy atom. The zero-order valence-corrected chi connectivity index (χ0v) is 23.4. The van der Waals surface area contributed by atoms with Crippen LogP contribution in [0.5, 0.6) is 0 Å². The van der Waals surface area contributed by atoms with E-state index in [1.165, 1.54) is 10.8 Å². The van der Waals surface area contributed by atoms with E-state index in [9.17, 15) is 0 Å². The normalized spacial score (nSPS) is 12.4. The van der Waals surface area contributed by atoms with E-state index in [1.807, 2.05) is 6.21 Å². The summed E-state index contributed by atoms with van der Waals surface area (Å²) in [7, 11) is 0. The van der Waals surface area contributed by atoms with Crippen molar-refractivity contribution in [2.24, 2.45) is 4.99 Å². The van der Waals surface area contributed by atoms with Gasteiger partial charge in [-0.25, -0.2) is 15.0 Å². The molecule has 0 unspecified atom stereocenters. The van der Waals surface area contributed by atoms with Gasteiger partial charge >= 0.3 is 0 Å². The molecular weight excluding hydrogens is 524 g/mol. The van der Waals surface area contributed by atoms with E-state index >= 15 is 0 Å². The molecule has 0 N–H and O–H groups in total. The summed E-state index contributed by atoms with van der Waals surface area (Å²) < 4.78 is 0. The lowest BCUT2D eigenvalue weighted by atomic mass is 9.99. The highest BCUT2D eigenvalue weighted by atomic mass is 15.0. The lowest BCUT2D eigenvalue weighted by Gasteiger charge is -2.11. The third kappa shape index (κ3) is 4.79. The van der Waals surface area contributed by atoms with Gasteiger partial charge in [-0.1, -0.05) is 127 Å². The summed E-state index contributed by atoms with van der Waals surface area (Å²) in [5, 5.41) is 4.67. The molecule has 0 atom stereocenters. The number of benzene rings is 6. The van der Waals surface area contributed by atoms with Crippen molar-refractivity contribution in [1.29, 1.82) is 0 Å². The largest absolute Gasteiger partial charge is 0.260 e. The topological polar surface area (TPSA) is 51.0 Å². The molecule has 4 nitrogen and oxygen atoms in total. The molecule has 0 radical (unpaired) electrons. The van der Waals surface area contributed by atoms with Crippen LogP contribution >= 0.6 is 0 Å². The Balaban J connectivity index is 1.25. The highest BCUT2D eigenvalue weighted by Crippen LogP contribution is 2.36. The van der Waals surface area contributed by atoms with E-state index in [-0.39, 0.29) is 0 Å². The number of nitrogens with zero attached hydrogens (tertiary/aromatic N) is 4. The van der Waals surface area contributed by atoms with Crippen LogP contribution in [0.25, 0.3) is 72.9 Å². The summed E-state index contributed by atoms with van der Waals surface area (Å²) in [6, 6.07) is 44.2. The molecule has 2 heterocycles. The van der Waals surface area contributed by atoms with Gasteiger partial charge in [0.1, 0.15) is 0 Å². The van der Waals surface area contributed by atoms with Crippen LogP contribution in [0, 0.1) is 0 Å². The van der Waals surface area contributed by atoms with Crippen molar-refractivity contribution < 1.29 is 0 Å². The molecule has 6 aromatic carbocycles. The van der Waals surface area contributed by atoms with Crippen LogP contribution < -0.4 is 0 Å². The number of aromatic nitrogens is 3. The molecule has 0 amide bonds. The zero-order chi connectivity index (χ0) is 28.6. The van der Waals surface area contributed by atoms with Gasteiger partial charge in [0.05, 0.1) is 5.69 Å². The number of rotatable bonds is 4. The lowest BCUT2D eigenvalue weighted by molar-refractivity contribution is 1.08. The van der Waals surface area contributed by atoms with Crippen LogP contribution in [0.2, 0.25) is 0 Å². The van der Waals surface area contributed by atoms with Crippen molar-refractivity contribution in [2.45, 2.75) is 6.42 Å². The number of para-hydroxylation sites is 1. The molecule has 1 aromatic heterocycles. The molecule has 1 aliphatic rings. The second-order valence-electron chi connectivity index (χ2n) is 10.7. The Labute approximate surface area is 249 Å². The monoisotopic (exact) mass is 550 g/mol. The van der Waals surface area contributed by atoms with Gasteiger partial charge in [-0.05, 0) is 39.2 Å². The summed E-state index contributed by atoms with van der Waals surface area (Å²) in [6.07, 6.45) is 7.09. The average molecular weight is 551 g/mol. The third-order valence-corrected chi connectivity index (χ3v) is 7.93. The second kappa shape index (κ2) is 10.6. The van der Waals surface area contributed by atoms with Crippen molar-refractivity contribution in [3.63, 3.8) is 0 Å². The van der Waals surface area contributed by atoms with Gasteiger partial charge in [0.25, 0.3) is 0 Å². The Hall–Kier alpha value is -5.74. The summed E-state index contributed by atoms with van der Waals surface area (Å²) in [4.78, 5) is 19.7. The van der Waals surface area contributed by atoms with Crippen molar-refractivity contribution in [2.75, 3.05) is 0 Å². The van der Waals surface area contributed by atoms with E-state index in [1.54, 1.807) is 0 Å². The van der Waals surface area contributed by atoms with Gasteiger partial charge < -0.3 is 0 Å². The standard InChI is InChI=1S/C39H26N4/c1-3-11-31-24-33(21-15-26(31)8-1)38-41-37(42-39(43-38)34-22-16-27-9-2-4-12-32(27)25-34)30-19-17-28(18-20-30)35-14-7-13-29-10-5-6-23-40-36(29)35/h1-5,7-25H,6H2. The van der Waals surface area contributed by atoms with E-state index in [4.69, 9.17) is 19.9 Å². The van der Waals surface area contributed by atoms with Crippen molar-refractivity contribution in [1.82, 2.24) is 15.0 Å². The van der Waals surface area contributed by atoms with Crippen LogP contribution in [0.4, 0.5) is 5.69 Å². The molecule has 1 aliphatic heterocycles. The van der Waals surface area contributed by atoms with Crippen LogP contribution in [0.1, 0.15) is 12.0 Å². The highest BCUT2D eigenvalue weighted by Gasteiger charge is 2.15. The van der Waals surface area contributed by atoms with Crippen molar-refractivity contribution in [3.8, 4) is 45.3 Å². The number of fused-ring (bicyclic) bond motifs is 3. The first-order valence-electron chi connectivity index (χ1n) is 14.5. The smallest absolute Gasteiger partial charge is 0.164 e. The molecule has 0 fully saturated rings. The minimum atomic E-state index is 0.640. The summed E-state index contributed by atoms with van der Waals surface area (Å²) >= 11 is 0. The van der Waals surface area contributed by atoms with E-state index < -0.39 is 0 Å². The number of aliphatic imine (C=N–C) groups is 1. The molecule has 0 saturated heterocycles. The maximum absolute atomic E-state index is 5.00. The fourth-order valence-corrected chi connectivity index (χ4v) is 5.69. The number of hydrogen-bond acceptors (Lipinski definition) is 4.